The van der Waals surface area contributed by atoms with E-state index in [1.54, 1.807) is 0 Å². The topological polar surface area (TPSA) is 21.3 Å². The Morgan fingerprint density at radius 2 is 1.62 bits per heavy atom. The molecule has 2 atom stereocenters. The molecule has 0 aromatic heterocycles. The maximum absolute atomic E-state index is 5.81. The molecule has 2 aromatic carbocycles. The van der Waals surface area contributed by atoms with E-state index >= 15 is 0 Å². The Morgan fingerprint density at radius 1 is 0.905 bits per heavy atom. The lowest BCUT2D eigenvalue weighted by Crippen LogP contribution is -2.26. The van der Waals surface area contributed by atoms with Crippen LogP contribution in [-0.4, -0.2) is 6.04 Å². The molecule has 0 saturated heterocycles. The van der Waals surface area contributed by atoms with Crippen LogP contribution < -0.4 is 10.1 Å². The average Bonchev–Trinajstić information content (AvgIpc) is 2.50. The van der Waals surface area contributed by atoms with E-state index in [1.807, 2.05) is 42.5 Å². The van der Waals surface area contributed by atoms with Crippen LogP contribution in [0.1, 0.15) is 32.6 Å². The summed E-state index contributed by atoms with van der Waals surface area (Å²) in [6.07, 6.45) is 5.28. The highest BCUT2D eigenvalue weighted by atomic mass is 16.5. The van der Waals surface area contributed by atoms with Gasteiger partial charge in [0.2, 0.25) is 0 Å². The molecule has 0 heterocycles. The number of ether oxygens (including phenoxy) is 1. The quantitative estimate of drug-likeness (QED) is 0.802. The Labute approximate surface area is 127 Å². The van der Waals surface area contributed by atoms with E-state index in [-0.39, 0.29) is 0 Å². The Bertz CT molecular complexity index is 550. The minimum Gasteiger partial charge on any atom is -0.457 e. The van der Waals surface area contributed by atoms with Gasteiger partial charge in [0.1, 0.15) is 11.5 Å². The maximum atomic E-state index is 5.81. The van der Waals surface area contributed by atoms with Crippen LogP contribution in [0.15, 0.2) is 54.6 Å². The van der Waals surface area contributed by atoms with E-state index in [0.29, 0.717) is 6.04 Å². The number of nitrogens with one attached hydrogen (secondary N) is 1. The van der Waals surface area contributed by atoms with Crippen LogP contribution in [0.4, 0.5) is 5.69 Å². The van der Waals surface area contributed by atoms with Gasteiger partial charge in [0.15, 0.2) is 0 Å². The summed E-state index contributed by atoms with van der Waals surface area (Å²) in [4.78, 5) is 0. The van der Waals surface area contributed by atoms with Gasteiger partial charge < -0.3 is 10.1 Å². The molecule has 110 valence electrons. The van der Waals surface area contributed by atoms with Crippen molar-refractivity contribution in [2.75, 3.05) is 5.32 Å². The largest absolute Gasteiger partial charge is 0.457 e. The Kier molecular flexibility index (Phi) is 4.44. The number of rotatable bonds is 4. The Hall–Kier alpha value is -1.96. The summed E-state index contributed by atoms with van der Waals surface area (Å²) in [6, 6.07) is 18.8. The zero-order valence-corrected chi connectivity index (χ0v) is 12.6. The zero-order valence-electron chi connectivity index (χ0n) is 12.6. The molecule has 3 rings (SSSR count). The van der Waals surface area contributed by atoms with Crippen LogP contribution in [0.2, 0.25) is 0 Å². The van der Waals surface area contributed by atoms with Crippen molar-refractivity contribution in [3.8, 4) is 11.5 Å². The summed E-state index contributed by atoms with van der Waals surface area (Å²) in [5.41, 5.74) is 1.19. The van der Waals surface area contributed by atoms with Gasteiger partial charge in [0.05, 0.1) is 0 Å². The number of hydrogen-bond acceptors (Lipinski definition) is 2. The summed E-state index contributed by atoms with van der Waals surface area (Å²) < 4.78 is 5.81. The number of para-hydroxylation sites is 1. The van der Waals surface area contributed by atoms with E-state index in [2.05, 4.69) is 24.4 Å². The lowest BCUT2D eigenvalue weighted by molar-refractivity contribution is 0.358. The van der Waals surface area contributed by atoms with Crippen LogP contribution in [0.25, 0.3) is 0 Å². The van der Waals surface area contributed by atoms with Gasteiger partial charge >= 0.3 is 0 Å². The van der Waals surface area contributed by atoms with Gasteiger partial charge in [-0.25, -0.2) is 0 Å². The second-order valence-electron chi connectivity index (χ2n) is 6.05. The minimum absolute atomic E-state index is 0.620. The highest BCUT2D eigenvalue weighted by Gasteiger charge is 2.18. The van der Waals surface area contributed by atoms with Gasteiger partial charge in [-0.15, -0.1) is 0 Å². The molecule has 1 N–H and O–H groups in total. The van der Waals surface area contributed by atoms with Crippen LogP contribution >= 0.6 is 0 Å². The lowest BCUT2D eigenvalue weighted by atomic mass is 9.87. The van der Waals surface area contributed by atoms with Gasteiger partial charge in [0, 0.05) is 11.7 Å². The van der Waals surface area contributed by atoms with Crippen molar-refractivity contribution >= 4 is 5.69 Å². The van der Waals surface area contributed by atoms with E-state index in [9.17, 15) is 0 Å². The monoisotopic (exact) mass is 281 g/mol. The number of benzene rings is 2. The molecule has 0 aliphatic heterocycles. The third-order valence-electron chi connectivity index (χ3n) is 4.14. The SMILES string of the molecule is CC1CCCC(Nc2ccc(Oc3ccccc3)cc2)C1. The molecular weight excluding hydrogens is 258 g/mol. The van der Waals surface area contributed by atoms with Gasteiger partial charge in [0.25, 0.3) is 0 Å². The molecule has 21 heavy (non-hydrogen) atoms. The Morgan fingerprint density at radius 3 is 2.33 bits per heavy atom. The van der Waals surface area contributed by atoms with Gasteiger partial charge in [-0.05, 0) is 55.2 Å². The van der Waals surface area contributed by atoms with Crippen molar-refractivity contribution in [2.45, 2.75) is 38.6 Å². The number of hydrogen-bond donors (Lipinski definition) is 1. The third-order valence-corrected chi connectivity index (χ3v) is 4.14. The van der Waals surface area contributed by atoms with E-state index < -0.39 is 0 Å². The maximum Gasteiger partial charge on any atom is 0.127 e. The van der Waals surface area contributed by atoms with Crippen molar-refractivity contribution in [1.82, 2.24) is 0 Å². The van der Waals surface area contributed by atoms with E-state index in [4.69, 9.17) is 4.74 Å². The summed E-state index contributed by atoms with van der Waals surface area (Å²) in [6.45, 7) is 2.35. The van der Waals surface area contributed by atoms with Crippen LogP contribution in [-0.2, 0) is 0 Å². The first kappa shape index (κ1) is 14.0. The average molecular weight is 281 g/mol. The summed E-state index contributed by atoms with van der Waals surface area (Å²) in [5, 5.41) is 3.65. The Balaban J connectivity index is 1.59. The first-order valence-corrected chi connectivity index (χ1v) is 7.89. The fourth-order valence-electron chi connectivity index (χ4n) is 3.04. The fraction of sp³-hybridized carbons (Fsp3) is 0.368. The minimum atomic E-state index is 0.620. The highest BCUT2D eigenvalue weighted by molar-refractivity contribution is 5.48. The van der Waals surface area contributed by atoms with Crippen LogP contribution in [0.3, 0.4) is 0 Å². The van der Waals surface area contributed by atoms with Crippen LogP contribution in [0.5, 0.6) is 11.5 Å². The normalized spacial score (nSPS) is 21.8. The molecular formula is C19H23NO. The second-order valence-corrected chi connectivity index (χ2v) is 6.05. The van der Waals surface area contributed by atoms with E-state index in [1.165, 1.54) is 31.4 Å². The van der Waals surface area contributed by atoms with Crippen molar-refractivity contribution in [3.05, 3.63) is 54.6 Å². The zero-order chi connectivity index (χ0) is 14.5. The molecule has 1 saturated carbocycles. The van der Waals surface area contributed by atoms with Gasteiger partial charge in [-0.2, -0.15) is 0 Å². The molecule has 2 heteroatoms. The molecule has 2 unspecified atom stereocenters. The summed E-state index contributed by atoms with van der Waals surface area (Å²) >= 11 is 0. The smallest absolute Gasteiger partial charge is 0.127 e. The lowest BCUT2D eigenvalue weighted by Gasteiger charge is -2.28. The first-order valence-electron chi connectivity index (χ1n) is 7.89. The predicted octanol–water partition coefficient (Wildman–Crippen LogP) is 5.47. The molecule has 2 aromatic rings. The van der Waals surface area contributed by atoms with E-state index in [0.717, 1.165) is 17.4 Å². The molecule has 0 spiro atoms. The van der Waals surface area contributed by atoms with Crippen molar-refractivity contribution in [1.29, 1.82) is 0 Å². The summed E-state index contributed by atoms with van der Waals surface area (Å²) in [5.74, 6) is 2.60. The molecule has 1 fully saturated rings. The second kappa shape index (κ2) is 6.66. The highest BCUT2D eigenvalue weighted by Crippen LogP contribution is 2.27. The first-order chi connectivity index (χ1) is 10.3. The molecule has 1 aliphatic carbocycles. The molecule has 0 bridgehead atoms. The third kappa shape index (κ3) is 4.01. The molecule has 0 amide bonds. The van der Waals surface area contributed by atoms with Crippen molar-refractivity contribution < 1.29 is 4.74 Å². The van der Waals surface area contributed by atoms with Crippen molar-refractivity contribution in [2.24, 2.45) is 5.92 Å². The molecule has 2 nitrogen and oxygen atoms in total. The van der Waals surface area contributed by atoms with Gasteiger partial charge in [-0.3, -0.25) is 0 Å². The van der Waals surface area contributed by atoms with Gasteiger partial charge in [-0.1, -0.05) is 38.0 Å². The van der Waals surface area contributed by atoms with Crippen LogP contribution in [0, 0.1) is 5.92 Å². The fourth-order valence-corrected chi connectivity index (χ4v) is 3.04. The number of anilines is 1. The predicted molar refractivity (Wildman–Crippen MR) is 88.0 cm³/mol. The summed E-state index contributed by atoms with van der Waals surface area (Å²) in [7, 11) is 0. The molecule has 1 aliphatic rings. The van der Waals surface area contributed by atoms with Crippen molar-refractivity contribution in [3.63, 3.8) is 0 Å². The molecule has 0 radical (unpaired) electrons. The standard InChI is InChI=1S/C19H23NO/c1-15-6-5-7-17(14-15)20-16-10-12-19(13-11-16)21-18-8-3-2-4-9-18/h2-4,8-13,15,17,20H,5-7,14H2,1H3.